The van der Waals surface area contributed by atoms with Crippen LogP contribution in [0.5, 0.6) is 0 Å². The Balaban J connectivity index is 1.97. The first-order chi connectivity index (χ1) is 15.3. The van der Waals surface area contributed by atoms with Crippen molar-refractivity contribution in [3.8, 4) is 16.8 Å². The predicted octanol–water partition coefficient (Wildman–Crippen LogP) is 4.93. The molecule has 0 bridgehead atoms. The van der Waals surface area contributed by atoms with Gasteiger partial charge in [0.15, 0.2) is 0 Å². The van der Waals surface area contributed by atoms with Crippen LogP contribution < -0.4 is 0 Å². The molecule has 0 saturated heterocycles. The Morgan fingerprint density at radius 1 is 1.00 bits per heavy atom. The molecule has 5 nitrogen and oxygen atoms in total. The summed E-state index contributed by atoms with van der Waals surface area (Å²) in [6.07, 6.45) is 0.681. The minimum Gasteiger partial charge on any atom is -0.481 e. The molecule has 0 fully saturated rings. The van der Waals surface area contributed by atoms with Crippen LogP contribution in [-0.2, 0) is 11.2 Å². The lowest BCUT2D eigenvalue weighted by Gasteiger charge is -2.18. The van der Waals surface area contributed by atoms with E-state index >= 15 is 0 Å². The number of carboxylic acid groups (broad SMARTS) is 1. The lowest BCUT2D eigenvalue weighted by molar-refractivity contribution is -0.139. The molecule has 2 atom stereocenters. The number of benzene rings is 2. The van der Waals surface area contributed by atoms with Gasteiger partial charge < -0.3 is 19.9 Å². The van der Waals surface area contributed by atoms with Crippen molar-refractivity contribution < 1.29 is 24.5 Å². The number of rotatable bonds is 10. The summed E-state index contributed by atoms with van der Waals surface area (Å²) in [7, 11) is 0. The number of halogens is 1. The van der Waals surface area contributed by atoms with E-state index in [4.69, 9.17) is 5.11 Å². The number of hydrogen-bond acceptors (Lipinski definition) is 3. The number of aromatic nitrogens is 1. The average molecular weight is 440 g/mol. The van der Waals surface area contributed by atoms with Crippen molar-refractivity contribution in [2.24, 2.45) is 0 Å². The molecule has 170 valence electrons. The summed E-state index contributed by atoms with van der Waals surface area (Å²) in [6.45, 7) is 4.22. The highest BCUT2D eigenvalue weighted by molar-refractivity contribution is 5.70. The van der Waals surface area contributed by atoms with Gasteiger partial charge in [0.2, 0.25) is 0 Å². The van der Waals surface area contributed by atoms with E-state index in [1.54, 1.807) is 12.1 Å². The van der Waals surface area contributed by atoms with Crippen molar-refractivity contribution in [2.45, 2.75) is 57.7 Å². The molecule has 2 aromatic carbocycles. The van der Waals surface area contributed by atoms with Gasteiger partial charge in [0, 0.05) is 23.1 Å². The van der Waals surface area contributed by atoms with Crippen LogP contribution in [-0.4, -0.2) is 38.1 Å². The van der Waals surface area contributed by atoms with Gasteiger partial charge in [-0.25, -0.2) is 4.39 Å². The molecule has 3 N–H and O–H groups in total. The van der Waals surface area contributed by atoms with E-state index in [-0.39, 0.29) is 24.6 Å². The highest BCUT2D eigenvalue weighted by Crippen LogP contribution is 2.35. The molecular formula is C26H30FNO4. The van der Waals surface area contributed by atoms with Crippen molar-refractivity contribution in [3.63, 3.8) is 0 Å². The van der Waals surface area contributed by atoms with Crippen LogP contribution in [0.3, 0.4) is 0 Å². The number of para-hydroxylation sites is 1. The van der Waals surface area contributed by atoms with Crippen LogP contribution in [0.25, 0.3) is 16.8 Å². The number of aliphatic carboxylic acids is 1. The van der Waals surface area contributed by atoms with E-state index in [0.29, 0.717) is 12.8 Å². The van der Waals surface area contributed by atoms with Gasteiger partial charge in [0.25, 0.3) is 0 Å². The van der Waals surface area contributed by atoms with Crippen molar-refractivity contribution in [1.29, 1.82) is 0 Å². The summed E-state index contributed by atoms with van der Waals surface area (Å²) in [5, 5.41) is 29.1. The standard InChI is InChI=1S/C26H30FNO4/c1-17(2)26-23(13-12-21(29)14-22(30)15-25(31)32)24(18-8-10-19(27)11-9-18)16-28(26)20-6-4-3-5-7-20/h3-11,16-17,21-22,29-30H,12-15H2,1-2H3,(H,31,32)/t21-,22-/m1/s1. The third kappa shape index (κ3) is 5.84. The quantitative estimate of drug-likeness (QED) is 0.418. The third-order valence-electron chi connectivity index (χ3n) is 5.57. The Hall–Kier alpha value is -2.96. The number of hydrogen-bond donors (Lipinski definition) is 3. The lowest BCUT2D eigenvalue weighted by Crippen LogP contribution is -2.21. The zero-order valence-corrected chi connectivity index (χ0v) is 18.4. The predicted molar refractivity (Wildman–Crippen MR) is 122 cm³/mol. The molecule has 0 aliphatic heterocycles. The molecule has 32 heavy (non-hydrogen) atoms. The van der Waals surface area contributed by atoms with E-state index in [2.05, 4.69) is 24.6 Å². The van der Waals surface area contributed by atoms with Gasteiger partial charge in [-0.1, -0.05) is 44.2 Å². The van der Waals surface area contributed by atoms with Gasteiger partial charge in [0.05, 0.1) is 18.6 Å². The van der Waals surface area contributed by atoms with E-state index in [1.807, 2.05) is 30.3 Å². The zero-order chi connectivity index (χ0) is 23.3. The third-order valence-corrected chi connectivity index (χ3v) is 5.57. The van der Waals surface area contributed by atoms with Crippen LogP contribution in [0.4, 0.5) is 4.39 Å². The number of carboxylic acids is 1. The molecule has 0 aliphatic carbocycles. The van der Waals surface area contributed by atoms with Crippen LogP contribution in [0, 0.1) is 5.82 Å². The van der Waals surface area contributed by atoms with Crippen LogP contribution in [0.15, 0.2) is 60.8 Å². The van der Waals surface area contributed by atoms with Crippen LogP contribution in [0.2, 0.25) is 0 Å². The Bertz CT molecular complexity index is 1030. The molecular weight excluding hydrogens is 409 g/mol. The largest absolute Gasteiger partial charge is 0.481 e. The molecule has 0 amide bonds. The Morgan fingerprint density at radius 2 is 1.66 bits per heavy atom. The molecule has 0 spiro atoms. The van der Waals surface area contributed by atoms with Gasteiger partial charge in [-0.3, -0.25) is 4.79 Å². The Kier molecular flexibility index (Phi) is 7.83. The normalized spacial score (nSPS) is 13.3. The molecule has 0 radical (unpaired) electrons. The maximum Gasteiger partial charge on any atom is 0.305 e. The van der Waals surface area contributed by atoms with Gasteiger partial charge in [-0.2, -0.15) is 0 Å². The highest BCUT2D eigenvalue weighted by Gasteiger charge is 2.22. The molecule has 0 unspecified atom stereocenters. The van der Waals surface area contributed by atoms with Crippen molar-refractivity contribution in [1.82, 2.24) is 4.57 Å². The fourth-order valence-corrected chi connectivity index (χ4v) is 4.16. The molecule has 3 rings (SSSR count). The van der Waals surface area contributed by atoms with E-state index in [0.717, 1.165) is 28.1 Å². The van der Waals surface area contributed by atoms with Crippen LogP contribution >= 0.6 is 0 Å². The van der Waals surface area contributed by atoms with Gasteiger partial charge in [0.1, 0.15) is 5.82 Å². The second-order valence-corrected chi connectivity index (χ2v) is 8.45. The first-order valence-electron chi connectivity index (χ1n) is 10.9. The van der Waals surface area contributed by atoms with Gasteiger partial charge in [-0.15, -0.1) is 0 Å². The lowest BCUT2D eigenvalue weighted by atomic mass is 9.93. The number of aliphatic hydroxyl groups excluding tert-OH is 2. The van der Waals surface area contributed by atoms with Crippen molar-refractivity contribution >= 4 is 5.97 Å². The zero-order valence-electron chi connectivity index (χ0n) is 18.4. The first-order valence-corrected chi connectivity index (χ1v) is 10.9. The first kappa shape index (κ1) is 23.7. The number of aliphatic hydroxyl groups is 2. The van der Waals surface area contributed by atoms with Gasteiger partial charge in [-0.05, 0) is 60.6 Å². The smallest absolute Gasteiger partial charge is 0.305 e. The Labute approximate surface area is 187 Å². The SMILES string of the molecule is CC(C)c1c(CC[C@@H](O)C[C@@H](O)CC(=O)O)c(-c2ccc(F)cc2)cn1-c1ccccc1. The maximum absolute atomic E-state index is 13.5. The van der Waals surface area contributed by atoms with Gasteiger partial charge >= 0.3 is 5.97 Å². The summed E-state index contributed by atoms with van der Waals surface area (Å²) in [6, 6.07) is 16.3. The van der Waals surface area contributed by atoms with Crippen molar-refractivity contribution in [2.75, 3.05) is 0 Å². The summed E-state index contributed by atoms with van der Waals surface area (Å²) in [5.74, 6) is -1.20. The molecule has 1 heterocycles. The van der Waals surface area contributed by atoms with E-state index in [9.17, 15) is 19.4 Å². The van der Waals surface area contributed by atoms with Crippen LogP contribution in [0.1, 0.15) is 50.3 Å². The average Bonchev–Trinajstić information content (AvgIpc) is 3.12. The van der Waals surface area contributed by atoms with E-state index < -0.39 is 18.2 Å². The van der Waals surface area contributed by atoms with E-state index in [1.165, 1.54) is 12.1 Å². The minimum absolute atomic E-state index is 0.00852. The second-order valence-electron chi connectivity index (χ2n) is 8.45. The molecule has 6 heteroatoms. The highest BCUT2D eigenvalue weighted by atomic mass is 19.1. The second kappa shape index (κ2) is 10.6. The molecule has 0 saturated carbocycles. The minimum atomic E-state index is -1.09. The fraction of sp³-hybridized carbons (Fsp3) is 0.346. The summed E-state index contributed by atoms with van der Waals surface area (Å²) >= 11 is 0. The topological polar surface area (TPSA) is 82.7 Å². The summed E-state index contributed by atoms with van der Waals surface area (Å²) in [4.78, 5) is 10.8. The summed E-state index contributed by atoms with van der Waals surface area (Å²) < 4.78 is 15.7. The summed E-state index contributed by atoms with van der Waals surface area (Å²) in [5.41, 5.74) is 5.04. The molecule has 3 aromatic rings. The Morgan fingerprint density at radius 3 is 2.25 bits per heavy atom. The number of carbonyl (C=O) groups is 1. The number of nitrogens with zero attached hydrogens (tertiary/aromatic N) is 1. The van der Waals surface area contributed by atoms with Crippen molar-refractivity contribution in [3.05, 3.63) is 77.9 Å². The molecule has 0 aliphatic rings. The fourth-order valence-electron chi connectivity index (χ4n) is 4.16. The maximum atomic E-state index is 13.5. The monoisotopic (exact) mass is 439 g/mol. The molecule has 1 aromatic heterocycles.